The molecule has 5 nitrogen and oxygen atoms in total. The van der Waals surface area contributed by atoms with Gasteiger partial charge >= 0.3 is 0 Å². The van der Waals surface area contributed by atoms with Gasteiger partial charge in [-0.1, -0.05) is 49.3 Å². The Bertz CT molecular complexity index is 746. The normalized spacial score (nSPS) is 12.3. The number of nitrogens with zero attached hydrogens (tertiary/aromatic N) is 4. The highest BCUT2D eigenvalue weighted by molar-refractivity contribution is 7.18. The number of thiazole rings is 1. The number of rotatable bonds is 6. The molecule has 0 spiro atoms. The molecular formula is C17H21N5S. The second-order valence-electron chi connectivity index (χ2n) is 5.73. The van der Waals surface area contributed by atoms with Crippen LogP contribution in [0.25, 0.3) is 5.00 Å². The molecule has 0 bridgehead atoms. The minimum absolute atomic E-state index is 0.393. The van der Waals surface area contributed by atoms with E-state index in [9.17, 15) is 0 Å². The van der Waals surface area contributed by atoms with Crippen molar-refractivity contribution in [2.75, 3.05) is 5.32 Å². The highest BCUT2D eigenvalue weighted by Gasteiger charge is 2.19. The molecular weight excluding hydrogens is 306 g/mol. The molecule has 3 rings (SSSR count). The Morgan fingerprint density at radius 3 is 2.70 bits per heavy atom. The highest BCUT2D eigenvalue weighted by Crippen LogP contribution is 2.34. The molecule has 0 fully saturated rings. The van der Waals surface area contributed by atoms with Gasteiger partial charge in [-0.3, -0.25) is 0 Å². The largest absolute Gasteiger partial charge is 0.331 e. The van der Waals surface area contributed by atoms with E-state index in [2.05, 4.69) is 60.4 Å². The van der Waals surface area contributed by atoms with Crippen LogP contribution in [0.3, 0.4) is 0 Å². The van der Waals surface area contributed by atoms with Gasteiger partial charge in [0.15, 0.2) is 5.13 Å². The molecule has 1 atom stereocenters. The molecule has 1 unspecified atom stereocenters. The van der Waals surface area contributed by atoms with Crippen molar-refractivity contribution in [2.24, 2.45) is 0 Å². The van der Waals surface area contributed by atoms with Crippen molar-refractivity contribution in [3.63, 3.8) is 0 Å². The lowest BCUT2D eigenvalue weighted by Crippen LogP contribution is -2.01. The number of anilines is 2. The van der Waals surface area contributed by atoms with E-state index < -0.39 is 0 Å². The van der Waals surface area contributed by atoms with E-state index in [1.807, 2.05) is 0 Å². The lowest BCUT2D eigenvalue weighted by atomic mass is 10.0. The molecule has 0 saturated heterocycles. The predicted molar refractivity (Wildman–Crippen MR) is 94.8 cm³/mol. The van der Waals surface area contributed by atoms with Crippen LogP contribution < -0.4 is 5.32 Å². The molecule has 0 aliphatic heterocycles. The quantitative estimate of drug-likeness (QED) is 0.714. The number of benzene rings is 1. The molecule has 23 heavy (non-hydrogen) atoms. The molecule has 1 aromatic carbocycles. The van der Waals surface area contributed by atoms with Gasteiger partial charge in [0.05, 0.1) is 5.69 Å². The first kappa shape index (κ1) is 15.7. The van der Waals surface area contributed by atoms with Crippen molar-refractivity contribution in [1.82, 2.24) is 19.7 Å². The fraction of sp³-hybridized carbons (Fsp3) is 0.353. The number of nitrogens with one attached hydrogen (secondary N) is 1. The van der Waals surface area contributed by atoms with Crippen molar-refractivity contribution < 1.29 is 0 Å². The van der Waals surface area contributed by atoms with Crippen molar-refractivity contribution in [3.05, 3.63) is 48.2 Å². The molecule has 6 heteroatoms. The second kappa shape index (κ2) is 6.91. The molecule has 0 radical (unpaired) electrons. The van der Waals surface area contributed by atoms with Crippen molar-refractivity contribution in [3.8, 4) is 5.00 Å². The predicted octanol–water partition coefficient (Wildman–Crippen LogP) is 4.68. The van der Waals surface area contributed by atoms with E-state index in [1.54, 1.807) is 28.7 Å². The van der Waals surface area contributed by atoms with Crippen LogP contribution in [0.5, 0.6) is 0 Å². The second-order valence-corrected chi connectivity index (χ2v) is 6.71. The smallest absolute Gasteiger partial charge is 0.189 e. The van der Waals surface area contributed by atoms with Gasteiger partial charge in [0.1, 0.15) is 17.7 Å². The lowest BCUT2D eigenvalue weighted by Gasteiger charge is -2.09. The van der Waals surface area contributed by atoms with Crippen LogP contribution in [0.1, 0.15) is 43.9 Å². The third kappa shape index (κ3) is 3.59. The van der Waals surface area contributed by atoms with Gasteiger partial charge in [0.2, 0.25) is 0 Å². The fourth-order valence-electron chi connectivity index (χ4n) is 2.51. The zero-order valence-electron chi connectivity index (χ0n) is 13.7. The van der Waals surface area contributed by atoms with Crippen molar-refractivity contribution in [2.45, 2.75) is 39.5 Å². The fourth-order valence-corrected chi connectivity index (χ4v) is 3.54. The van der Waals surface area contributed by atoms with Crippen LogP contribution in [-0.2, 0) is 0 Å². The summed E-state index contributed by atoms with van der Waals surface area (Å²) in [5.74, 6) is 0.393. The summed E-state index contributed by atoms with van der Waals surface area (Å²) in [7, 11) is 0. The van der Waals surface area contributed by atoms with E-state index in [1.165, 1.54) is 5.56 Å². The summed E-state index contributed by atoms with van der Waals surface area (Å²) in [5.41, 5.74) is 3.37. The summed E-state index contributed by atoms with van der Waals surface area (Å²) in [6.07, 6.45) is 5.53. The van der Waals surface area contributed by atoms with Gasteiger partial charge in [-0.25, -0.2) is 14.6 Å². The third-order valence-corrected chi connectivity index (χ3v) is 4.73. The van der Waals surface area contributed by atoms with Crippen molar-refractivity contribution >= 4 is 22.2 Å². The van der Waals surface area contributed by atoms with E-state index in [0.29, 0.717) is 5.92 Å². The first-order chi connectivity index (χ1) is 11.2. The van der Waals surface area contributed by atoms with Crippen LogP contribution >= 0.6 is 11.3 Å². The molecule has 1 N–H and O–H groups in total. The standard InChI is InChI=1S/C17H21N5S/c1-4-5-13(3)15-16(22-11-18-10-19-22)23-17(21-15)20-14-8-6-12(2)7-9-14/h6-11,13H,4-5H2,1-3H3,(H,20,21). The van der Waals surface area contributed by atoms with Crippen LogP contribution in [0.15, 0.2) is 36.9 Å². The average Bonchev–Trinajstić information content (AvgIpc) is 3.19. The summed E-state index contributed by atoms with van der Waals surface area (Å²) in [5, 5.41) is 9.59. The minimum atomic E-state index is 0.393. The summed E-state index contributed by atoms with van der Waals surface area (Å²) in [6.45, 7) is 6.50. The van der Waals surface area contributed by atoms with Crippen LogP contribution in [0, 0.1) is 6.92 Å². The molecule has 0 aliphatic carbocycles. The average molecular weight is 327 g/mol. The Kier molecular flexibility index (Phi) is 4.71. The molecule has 0 aliphatic rings. The third-order valence-electron chi connectivity index (χ3n) is 3.75. The Labute approximate surface area is 140 Å². The van der Waals surface area contributed by atoms with Crippen LogP contribution in [-0.4, -0.2) is 19.7 Å². The van der Waals surface area contributed by atoms with E-state index in [0.717, 1.165) is 34.4 Å². The van der Waals surface area contributed by atoms with Gasteiger partial charge in [-0.15, -0.1) is 0 Å². The molecule has 3 aromatic rings. The minimum Gasteiger partial charge on any atom is -0.331 e. The SMILES string of the molecule is CCCC(C)c1nc(Nc2ccc(C)cc2)sc1-n1cncn1. The van der Waals surface area contributed by atoms with Crippen molar-refractivity contribution in [1.29, 1.82) is 0 Å². The Morgan fingerprint density at radius 1 is 1.26 bits per heavy atom. The molecule has 0 saturated carbocycles. The van der Waals surface area contributed by atoms with Gasteiger partial charge in [-0.05, 0) is 25.5 Å². The summed E-state index contributed by atoms with van der Waals surface area (Å²) in [6, 6.07) is 8.33. The summed E-state index contributed by atoms with van der Waals surface area (Å²) < 4.78 is 1.81. The molecule has 0 amide bonds. The maximum absolute atomic E-state index is 4.82. The van der Waals surface area contributed by atoms with Gasteiger partial charge in [0.25, 0.3) is 0 Å². The maximum Gasteiger partial charge on any atom is 0.189 e. The zero-order valence-corrected chi connectivity index (χ0v) is 14.5. The Morgan fingerprint density at radius 2 is 2.04 bits per heavy atom. The summed E-state index contributed by atoms with van der Waals surface area (Å²) >= 11 is 1.61. The van der Waals surface area contributed by atoms with Crippen LogP contribution in [0.2, 0.25) is 0 Å². The van der Waals surface area contributed by atoms with Gasteiger partial charge < -0.3 is 5.32 Å². The van der Waals surface area contributed by atoms with Gasteiger partial charge in [-0.2, -0.15) is 5.10 Å². The molecule has 2 aromatic heterocycles. The number of hydrogen-bond donors (Lipinski definition) is 1. The topological polar surface area (TPSA) is 55.6 Å². The number of aromatic nitrogens is 4. The number of hydrogen-bond acceptors (Lipinski definition) is 5. The molecule has 120 valence electrons. The monoisotopic (exact) mass is 327 g/mol. The van der Waals surface area contributed by atoms with E-state index in [-0.39, 0.29) is 0 Å². The lowest BCUT2D eigenvalue weighted by molar-refractivity contribution is 0.645. The first-order valence-corrected chi connectivity index (χ1v) is 8.68. The first-order valence-electron chi connectivity index (χ1n) is 7.86. The Balaban J connectivity index is 1.92. The number of aryl methyl sites for hydroxylation is 1. The van der Waals surface area contributed by atoms with E-state index >= 15 is 0 Å². The van der Waals surface area contributed by atoms with Crippen LogP contribution in [0.4, 0.5) is 10.8 Å². The van der Waals surface area contributed by atoms with E-state index in [4.69, 9.17) is 4.98 Å². The maximum atomic E-state index is 4.82. The summed E-state index contributed by atoms with van der Waals surface area (Å²) in [4.78, 5) is 8.88. The zero-order chi connectivity index (χ0) is 16.2. The van der Waals surface area contributed by atoms with Gasteiger partial charge in [0, 0.05) is 11.6 Å². The Hall–Kier alpha value is -2.21. The molecule has 2 heterocycles. The highest BCUT2D eigenvalue weighted by atomic mass is 32.1.